The Labute approximate surface area is 145 Å². The summed E-state index contributed by atoms with van der Waals surface area (Å²) >= 11 is 0. The Bertz CT molecular complexity index is 464. The molecule has 24 heavy (non-hydrogen) atoms. The molecule has 0 heterocycles. The molecule has 0 radical (unpaired) electrons. The number of carbonyl (C=O) groups is 2. The summed E-state index contributed by atoms with van der Waals surface area (Å²) in [6.45, 7) is 4.25. The quantitative estimate of drug-likeness (QED) is 0.543. The smallest absolute Gasteiger partial charge is 0.338 e. The van der Waals surface area contributed by atoms with Crippen LogP contribution in [0.2, 0.25) is 0 Å². The summed E-state index contributed by atoms with van der Waals surface area (Å²) in [5, 5.41) is 0. The molecule has 0 amide bonds. The zero-order chi connectivity index (χ0) is 17.4. The average Bonchev–Trinajstić information content (AvgIpc) is 2.61. The molecule has 2 fully saturated rings. The van der Waals surface area contributed by atoms with Gasteiger partial charge in [0.1, 0.15) is 0 Å². The molecule has 2 aliphatic carbocycles. The van der Waals surface area contributed by atoms with E-state index in [1.54, 1.807) is 13.8 Å². The summed E-state index contributed by atoms with van der Waals surface area (Å²) in [7, 11) is 0. The molecular weight excluding hydrogens is 304 g/mol. The lowest BCUT2D eigenvalue weighted by molar-refractivity contribution is -0.142. The molecule has 0 atom stereocenters. The SMILES string of the molecule is CCOC(=O)C(=C1CCCCC1)C(C(=O)OCC)=C1CCCCC1. The highest BCUT2D eigenvalue weighted by Gasteiger charge is 2.30. The number of ether oxygens (including phenoxy) is 2. The number of allylic oxidation sites excluding steroid dienone is 2. The van der Waals surface area contributed by atoms with E-state index in [-0.39, 0.29) is 11.9 Å². The molecule has 0 aromatic rings. The molecule has 2 aliphatic rings. The molecular formula is C20H30O4. The molecule has 0 saturated heterocycles. The van der Waals surface area contributed by atoms with Crippen LogP contribution in [-0.2, 0) is 19.1 Å². The maximum Gasteiger partial charge on any atom is 0.338 e. The largest absolute Gasteiger partial charge is 0.462 e. The highest BCUT2D eigenvalue weighted by atomic mass is 16.5. The number of esters is 2. The third kappa shape index (κ3) is 4.71. The maximum atomic E-state index is 12.7. The molecule has 0 unspecified atom stereocenters. The van der Waals surface area contributed by atoms with E-state index in [0.29, 0.717) is 24.4 Å². The Morgan fingerprint density at radius 1 is 0.667 bits per heavy atom. The summed E-state index contributed by atoms with van der Waals surface area (Å²) in [4.78, 5) is 25.4. The Kier molecular flexibility index (Phi) is 7.54. The normalized spacial score (nSPS) is 18.1. The second-order valence-corrected chi connectivity index (χ2v) is 6.52. The van der Waals surface area contributed by atoms with Crippen LogP contribution in [0.15, 0.2) is 22.3 Å². The first-order valence-corrected chi connectivity index (χ1v) is 9.47. The summed E-state index contributed by atoms with van der Waals surface area (Å²) in [6.07, 6.45) is 10.2. The first-order chi connectivity index (χ1) is 11.7. The van der Waals surface area contributed by atoms with E-state index in [4.69, 9.17) is 9.47 Å². The zero-order valence-electron chi connectivity index (χ0n) is 15.1. The van der Waals surface area contributed by atoms with Crippen LogP contribution in [-0.4, -0.2) is 25.2 Å². The monoisotopic (exact) mass is 334 g/mol. The first kappa shape index (κ1) is 18.8. The lowest BCUT2D eigenvalue weighted by Crippen LogP contribution is -2.22. The van der Waals surface area contributed by atoms with Gasteiger partial charge in [0.05, 0.1) is 24.4 Å². The van der Waals surface area contributed by atoms with Crippen LogP contribution in [0.5, 0.6) is 0 Å². The number of hydrogen-bond donors (Lipinski definition) is 0. The van der Waals surface area contributed by atoms with Gasteiger partial charge in [0.15, 0.2) is 0 Å². The Morgan fingerprint density at radius 2 is 1.00 bits per heavy atom. The van der Waals surface area contributed by atoms with Crippen LogP contribution in [0.3, 0.4) is 0 Å². The standard InChI is InChI=1S/C20H30O4/c1-3-23-19(21)17(15-11-7-5-8-12-15)18(20(22)24-4-2)16-13-9-6-10-14-16/h3-14H2,1-2H3. The van der Waals surface area contributed by atoms with Crippen LogP contribution < -0.4 is 0 Å². The maximum absolute atomic E-state index is 12.7. The molecule has 2 rings (SSSR count). The van der Waals surface area contributed by atoms with Crippen molar-refractivity contribution >= 4 is 11.9 Å². The predicted octanol–water partition coefficient (Wildman–Crippen LogP) is 4.63. The third-order valence-corrected chi connectivity index (χ3v) is 4.83. The van der Waals surface area contributed by atoms with E-state index < -0.39 is 0 Å². The Balaban J connectivity index is 2.51. The van der Waals surface area contributed by atoms with Crippen molar-refractivity contribution in [1.82, 2.24) is 0 Å². The van der Waals surface area contributed by atoms with Crippen molar-refractivity contribution in [3.8, 4) is 0 Å². The fourth-order valence-electron chi connectivity index (χ4n) is 3.71. The fourth-order valence-corrected chi connectivity index (χ4v) is 3.71. The second kappa shape index (κ2) is 9.65. The van der Waals surface area contributed by atoms with E-state index in [1.807, 2.05) is 0 Å². The molecule has 0 spiro atoms. The van der Waals surface area contributed by atoms with Crippen molar-refractivity contribution in [1.29, 1.82) is 0 Å². The van der Waals surface area contributed by atoms with Gasteiger partial charge < -0.3 is 9.47 Å². The minimum absolute atomic E-state index is 0.320. The third-order valence-electron chi connectivity index (χ3n) is 4.83. The lowest BCUT2D eigenvalue weighted by atomic mass is 9.83. The van der Waals surface area contributed by atoms with Crippen LogP contribution in [0.4, 0.5) is 0 Å². The van der Waals surface area contributed by atoms with Crippen molar-refractivity contribution in [3.63, 3.8) is 0 Å². The molecule has 0 N–H and O–H groups in total. The van der Waals surface area contributed by atoms with Gasteiger partial charge in [-0.3, -0.25) is 0 Å². The summed E-state index contributed by atoms with van der Waals surface area (Å²) in [5.74, 6) is -0.703. The van der Waals surface area contributed by atoms with Gasteiger partial charge in [-0.15, -0.1) is 0 Å². The fraction of sp³-hybridized carbons (Fsp3) is 0.700. The van der Waals surface area contributed by atoms with Crippen LogP contribution >= 0.6 is 0 Å². The average molecular weight is 334 g/mol. The van der Waals surface area contributed by atoms with Crippen LogP contribution in [0.25, 0.3) is 0 Å². The number of carbonyl (C=O) groups excluding carboxylic acids is 2. The van der Waals surface area contributed by atoms with Crippen LogP contribution in [0, 0.1) is 0 Å². The van der Waals surface area contributed by atoms with Crippen LogP contribution in [0.1, 0.15) is 78.1 Å². The van der Waals surface area contributed by atoms with E-state index in [9.17, 15) is 9.59 Å². The van der Waals surface area contributed by atoms with Gasteiger partial charge >= 0.3 is 11.9 Å². The molecule has 0 bridgehead atoms. The number of rotatable bonds is 5. The Hall–Kier alpha value is -1.58. The summed E-state index contributed by atoms with van der Waals surface area (Å²) in [6, 6.07) is 0. The van der Waals surface area contributed by atoms with Crippen molar-refractivity contribution < 1.29 is 19.1 Å². The van der Waals surface area contributed by atoms with Gasteiger partial charge in [-0.25, -0.2) is 9.59 Å². The predicted molar refractivity (Wildman–Crippen MR) is 93.5 cm³/mol. The van der Waals surface area contributed by atoms with E-state index >= 15 is 0 Å². The molecule has 0 aromatic carbocycles. The van der Waals surface area contributed by atoms with Gasteiger partial charge in [-0.2, -0.15) is 0 Å². The minimum Gasteiger partial charge on any atom is -0.462 e. The molecule has 2 saturated carbocycles. The first-order valence-electron chi connectivity index (χ1n) is 9.47. The van der Waals surface area contributed by atoms with Crippen molar-refractivity contribution in [2.45, 2.75) is 78.1 Å². The topological polar surface area (TPSA) is 52.6 Å². The number of hydrogen-bond acceptors (Lipinski definition) is 4. The molecule has 4 nitrogen and oxygen atoms in total. The van der Waals surface area contributed by atoms with Crippen molar-refractivity contribution in [2.75, 3.05) is 13.2 Å². The zero-order valence-corrected chi connectivity index (χ0v) is 15.1. The second-order valence-electron chi connectivity index (χ2n) is 6.52. The molecule has 0 aliphatic heterocycles. The van der Waals surface area contributed by atoms with Gasteiger partial charge in [0.2, 0.25) is 0 Å². The van der Waals surface area contributed by atoms with E-state index in [2.05, 4.69) is 0 Å². The van der Waals surface area contributed by atoms with E-state index in [1.165, 1.54) is 12.8 Å². The molecule has 4 heteroatoms. The van der Waals surface area contributed by atoms with Gasteiger partial charge in [0, 0.05) is 0 Å². The summed E-state index contributed by atoms with van der Waals surface area (Å²) < 4.78 is 10.6. The van der Waals surface area contributed by atoms with Gasteiger partial charge in [-0.05, 0) is 65.2 Å². The molecule has 134 valence electrons. The summed E-state index contributed by atoms with van der Waals surface area (Å²) in [5.41, 5.74) is 3.21. The Morgan fingerprint density at radius 3 is 1.29 bits per heavy atom. The van der Waals surface area contributed by atoms with Gasteiger partial charge in [-0.1, -0.05) is 24.0 Å². The highest BCUT2D eigenvalue weighted by Crippen LogP contribution is 2.35. The van der Waals surface area contributed by atoms with Gasteiger partial charge in [0.25, 0.3) is 0 Å². The highest BCUT2D eigenvalue weighted by molar-refractivity contribution is 6.08. The van der Waals surface area contributed by atoms with Crippen molar-refractivity contribution in [3.05, 3.63) is 22.3 Å². The van der Waals surface area contributed by atoms with Crippen molar-refractivity contribution in [2.24, 2.45) is 0 Å². The lowest BCUT2D eigenvalue weighted by Gasteiger charge is -2.23. The molecule has 0 aromatic heterocycles. The minimum atomic E-state index is -0.351. The van der Waals surface area contributed by atoms with E-state index in [0.717, 1.165) is 62.5 Å².